The van der Waals surface area contributed by atoms with Crippen molar-refractivity contribution >= 4 is 23.2 Å². The standard InChI is InChI=1S/C20H20ClN3O/c1-13-7-9-16(10-8-13)12-24-15(3)19(14(2)23-24)20(25)22-18-6-4-5-17(21)11-18/h4-11H,12H2,1-3H3,(H,22,25). The number of carbonyl (C=O) groups is 1. The molecule has 0 bridgehead atoms. The fourth-order valence-corrected chi connectivity index (χ4v) is 3.00. The SMILES string of the molecule is Cc1ccc(Cn2nc(C)c(C(=O)Nc3cccc(Cl)c3)c2C)cc1. The van der Waals surface area contributed by atoms with Crippen LogP contribution in [0.1, 0.15) is 32.9 Å². The predicted octanol–water partition coefficient (Wildman–Crippen LogP) is 4.76. The number of rotatable bonds is 4. The molecule has 1 amide bonds. The number of benzene rings is 2. The molecule has 0 aliphatic heterocycles. The fraction of sp³-hybridized carbons (Fsp3) is 0.200. The maximum atomic E-state index is 12.7. The van der Waals surface area contributed by atoms with Gasteiger partial charge in [0.05, 0.1) is 17.8 Å². The largest absolute Gasteiger partial charge is 0.322 e. The summed E-state index contributed by atoms with van der Waals surface area (Å²) in [5.41, 5.74) is 5.20. The van der Waals surface area contributed by atoms with Crippen LogP contribution in [0.2, 0.25) is 5.02 Å². The molecule has 0 saturated heterocycles. The zero-order valence-corrected chi connectivity index (χ0v) is 15.3. The van der Waals surface area contributed by atoms with Crippen molar-refractivity contribution in [3.8, 4) is 0 Å². The lowest BCUT2D eigenvalue weighted by atomic mass is 10.1. The van der Waals surface area contributed by atoms with Gasteiger partial charge in [0, 0.05) is 16.4 Å². The molecule has 0 unspecified atom stereocenters. The molecule has 5 heteroatoms. The third-order valence-corrected chi connectivity index (χ3v) is 4.38. The van der Waals surface area contributed by atoms with Crippen molar-refractivity contribution in [3.05, 3.63) is 81.6 Å². The number of nitrogens with zero attached hydrogens (tertiary/aromatic N) is 2. The molecule has 128 valence electrons. The zero-order valence-electron chi connectivity index (χ0n) is 14.5. The molecule has 4 nitrogen and oxygen atoms in total. The van der Waals surface area contributed by atoms with E-state index >= 15 is 0 Å². The van der Waals surface area contributed by atoms with E-state index in [0.717, 1.165) is 11.3 Å². The molecule has 0 aliphatic carbocycles. The van der Waals surface area contributed by atoms with Gasteiger partial charge in [0.2, 0.25) is 0 Å². The van der Waals surface area contributed by atoms with Gasteiger partial charge in [0.25, 0.3) is 5.91 Å². The van der Waals surface area contributed by atoms with Gasteiger partial charge in [-0.25, -0.2) is 0 Å². The summed E-state index contributed by atoms with van der Waals surface area (Å²) in [6.45, 7) is 6.47. The van der Waals surface area contributed by atoms with Crippen LogP contribution in [0.25, 0.3) is 0 Å². The predicted molar refractivity (Wildman–Crippen MR) is 101 cm³/mol. The van der Waals surface area contributed by atoms with E-state index in [4.69, 9.17) is 11.6 Å². The molecule has 1 aromatic heterocycles. The minimum Gasteiger partial charge on any atom is -0.322 e. The molecule has 1 heterocycles. The van der Waals surface area contributed by atoms with Crippen LogP contribution < -0.4 is 5.32 Å². The van der Waals surface area contributed by atoms with Crippen LogP contribution in [-0.2, 0) is 6.54 Å². The number of halogens is 1. The monoisotopic (exact) mass is 353 g/mol. The van der Waals surface area contributed by atoms with Gasteiger partial charge in [-0.3, -0.25) is 9.48 Å². The summed E-state index contributed by atoms with van der Waals surface area (Å²) < 4.78 is 1.87. The zero-order chi connectivity index (χ0) is 18.0. The van der Waals surface area contributed by atoms with Crippen LogP contribution in [0.3, 0.4) is 0 Å². The Hall–Kier alpha value is -2.59. The average Bonchev–Trinajstić information content (AvgIpc) is 2.83. The highest BCUT2D eigenvalue weighted by Gasteiger charge is 2.19. The first-order valence-electron chi connectivity index (χ1n) is 8.10. The van der Waals surface area contributed by atoms with Crippen molar-refractivity contribution in [2.24, 2.45) is 0 Å². The molecule has 1 N–H and O–H groups in total. The van der Waals surface area contributed by atoms with Gasteiger partial charge in [-0.2, -0.15) is 5.10 Å². The highest BCUT2D eigenvalue weighted by atomic mass is 35.5. The van der Waals surface area contributed by atoms with E-state index in [0.29, 0.717) is 28.5 Å². The summed E-state index contributed by atoms with van der Waals surface area (Å²) in [5.74, 6) is -0.174. The fourth-order valence-electron chi connectivity index (χ4n) is 2.81. The highest BCUT2D eigenvalue weighted by molar-refractivity contribution is 6.31. The molecule has 0 fully saturated rings. The lowest BCUT2D eigenvalue weighted by Crippen LogP contribution is -2.14. The van der Waals surface area contributed by atoms with Crippen LogP contribution in [0.5, 0.6) is 0 Å². The quantitative estimate of drug-likeness (QED) is 0.734. The number of aryl methyl sites for hydroxylation is 2. The molecule has 25 heavy (non-hydrogen) atoms. The van der Waals surface area contributed by atoms with E-state index in [-0.39, 0.29) is 5.91 Å². The molecule has 2 aromatic carbocycles. The van der Waals surface area contributed by atoms with E-state index in [1.165, 1.54) is 5.56 Å². The van der Waals surface area contributed by atoms with Crippen molar-refractivity contribution < 1.29 is 4.79 Å². The number of nitrogens with one attached hydrogen (secondary N) is 1. The summed E-state index contributed by atoms with van der Waals surface area (Å²) in [6.07, 6.45) is 0. The van der Waals surface area contributed by atoms with Gasteiger partial charge in [-0.05, 0) is 44.5 Å². The third-order valence-electron chi connectivity index (χ3n) is 4.14. The van der Waals surface area contributed by atoms with Crippen LogP contribution >= 0.6 is 11.6 Å². The summed E-state index contributed by atoms with van der Waals surface area (Å²) in [6, 6.07) is 15.4. The van der Waals surface area contributed by atoms with Crippen molar-refractivity contribution in [3.63, 3.8) is 0 Å². The summed E-state index contributed by atoms with van der Waals surface area (Å²) >= 11 is 5.97. The molecule has 0 atom stereocenters. The molecule has 0 saturated carbocycles. The van der Waals surface area contributed by atoms with Crippen molar-refractivity contribution in [1.29, 1.82) is 0 Å². The average molecular weight is 354 g/mol. The number of aromatic nitrogens is 2. The lowest BCUT2D eigenvalue weighted by Gasteiger charge is -2.07. The first kappa shape index (κ1) is 17.2. The molecule has 3 rings (SSSR count). The van der Waals surface area contributed by atoms with Crippen LogP contribution in [0.15, 0.2) is 48.5 Å². The Kier molecular flexibility index (Phi) is 4.91. The molecular weight excluding hydrogens is 334 g/mol. The van der Waals surface area contributed by atoms with Crippen molar-refractivity contribution in [2.45, 2.75) is 27.3 Å². The van der Waals surface area contributed by atoms with Gasteiger partial charge in [0.1, 0.15) is 0 Å². The second-order valence-corrected chi connectivity index (χ2v) is 6.59. The van der Waals surface area contributed by atoms with Crippen molar-refractivity contribution in [2.75, 3.05) is 5.32 Å². The second-order valence-electron chi connectivity index (χ2n) is 6.15. The number of hydrogen-bond acceptors (Lipinski definition) is 2. The molecule has 0 radical (unpaired) electrons. The Morgan fingerprint density at radius 3 is 2.52 bits per heavy atom. The summed E-state index contributed by atoms with van der Waals surface area (Å²) in [7, 11) is 0. The number of hydrogen-bond donors (Lipinski definition) is 1. The highest BCUT2D eigenvalue weighted by Crippen LogP contribution is 2.19. The molecule has 0 spiro atoms. The summed E-state index contributed by atoms with van der Waals surface area (Å²) in [5, 5.41) is 8.01. The number of amides is 1. The van der Waals surface area contributed by atoms with E-state index in [1.54, 1.807) is 18.2 Å². The van der Waals surface area contributed by atoms with E-state index in [1.807, 2.05) is 24.6 Å². The van der Waals surface area contributed by atoms with E-state index in [2.05, 4.69) is 41.6 Å². The smallest absolute Gasteiger partial charge is 0.259 e. The van der Waals surface area contributed by atoms with E-state index in [9.17, 15) is 4.79 Å². The van der Waals surface area contributed by atoms with E-state index < -0.39 is 0 Å². The molecule has 0 aliphatic rings. The lowest BCUT2D eigenvalue weighted by molar-refractivity contribution is 0.102. The third kappa shape index (κ3) is 3.91. The first-order chi connectivity index (χ1) is 11.9. The molecule has 3 aromatic rings. The van der Waals surface area contributed by atoms with Gasteiger partial charge < -0.3 is 5.32 Å². The topological polar surface area (TPSA) is 46.9 Å². The number of carbonyl (C=O) groups excluding carboxylic acids is 1. The van der Waals surface area contributed by atoms with Gasteiger partial charge in [-0.1, -0.05) is 47.5 Å². The Morgan fingerprint density at radius 2 is 1.84 bits per heavy atom. The van der Waals surface area contributed by atoms with Gasteiger partial charge >= 0.3 is 0 Å². The Labute approximate surface area is 152 Å². The summed E-state index contributed by atoms with van der Waals surface area (Å²) in [4.78, 5) is 12.7. The first-order valence-corrected chi connectivity index (χ1v) is 8.48. The second kappa shape index (κ2) is 7.11. The van der Waals surface area contributed by atoms with Crippen molar-refractivity contribution in [1.82, 2.24) is 9.78 Å². The van der Waals surface area contributed by atoms with Crippen LogP contribution in [-0.4, -0.2) is 15.7 Å². The Balaban J connectivity index is 1.83. The Bertz CT molecular complexity index is 913. The maximum Gasteiger partial charge on any atom is 0.259 e. The normalized spacial score (nSPS) is 10.7. The van der Waals surface area contributed by atoms with Gasteiger partial charge in [0.15, 0.2) is 0 Å². The minimum atomic E-state index is -0.174. The van der Waals surface area contributed by atoms with Gasteiger partial charge in [-0.15, -0.1) is 0 Å². The van der Waals surface area contributed by atoms with Crippen LogP contribution in [0, 0.1) is 20.8 Å². The number of anilines is 1. The maximum absolute atomic E-state index is 12.7. The van der Waals surface area contributed by atoms with Crippen LogP contribution in [0.4, 0.5) is 5.69 Å². The minimum absolute atomic E-state index is 0.174. The molecular formula is C20H20ClN3O. The Morgan fingerprint density at radius 1 is 1.12 bits per heavy atom.